The number of amides is 2. The van der Waals surface area contributed by atoms with Gasteiger partial charge in [0.05, 0.1) is 35.3 Å². The lowest BCUT2D eigenvalue weighted by Gasteiger charge is -2.33. The van der Waals surface area contributed by atoms with Gasteiger partial charge in [0, 0.05) is 5.69 Å². The number of anilines is 1. The third kappa shape index (κ3) is 7.47. The molecule has 1 aromatic heterocycles. The molecular weight excluding hydrogens is 490 g/mol. The number of rotatable bonds is 10. The molecule has 2 amide bonds. The summed E-state index contributed by atoms with van der Waals surface area (Å²) in [6, 6.07) is 13.1. The minimum Gasteiger partial charge on any atom is -0.465 e. The first-order valence-electron chi connectivity index (χ1n) is 13.8. The van der Waals surface area contributed by atoms with Gasteiger partial charge in [0.1, 0.15) is 5.82 Å². The van der Waals surface area contributed by atoms with Gasteiger partial charge in [-0.2, -0.15) is 0 Å². The van der Waals surface area contributed by atoms with Gasteiger partial charge in [-0.05, 0) is 87.7 Å². The Morgan fingerprint density at radius 1 is 1.21 bits per heavy atom. The first kappa shape index (κ1) is 28.4. The maximum absolute atomic E-state index is 12.6. The molecule has 2 aromatic carbocycles. The van der Waals surface area contributed by atoms with E-state index in [-0.39, 0.29) is 23.6 Å². The molecule has 1 heterocycles. The molecule has 1 aliphatic rings. The molecule has 8 heteroatoms. The van der Waals surface area contributed by atoms with Gasteiger partial charge in [-0.1, -0.05) is 44.2 Å². The van der Waals surface area contributed by atoms with E-state index in [1.54, 1.807) is 12.1 Å². The van der Waals surface area contributed by atoms with Gasteiger partial charge in [0.2, 0.25) is 0 Å². The summed E-state index contributed by atoms with van der Waals surface area (Å²) in [5.41, 5.74) is 3.67. The number of nitrogens with zero attached hydrogens (tertiary/aromatic N) is 1. The molecule has 0 spiro atoms. The highest BCUT2D eigenvalue weighted by molar-refractivity contribution is 5.93. The number of fused-ring (bicyclic) bond motifs is 1. The predicted molar refractivity (Wildman–Crippen MR) is 156 cm³/mol. The van der Waals surface area contributed by atoms with E-state index in [0.29, 0.717) is 17.4 Å². The van der Waals surface area contributed by atoms with Crippen molar-refractivity contribution < 1.29 is 14.3 Å². The Morgan fingerprint density at radius 2 is 2.00 bits per heavy atom. The monoisotopic (exact) mass is 531 g/mol. The number of H-pyrrole nitrogens is 1. The largest absolute Gasteiger partial charge is 0.465 e. The number of carbonyl (C=O) groups excluding carboxylic acids is 2. The number of imidazole rings is 1. The number of aromatic nitrogens is 2. The number of esters is 1. The average molecular weight is 532 g/mol. The van der Waals surface area contributed by atoms with Crippen LogP contribution in [0.1, 0.15) is 74.2 Å². The number of ether oxygens (including phenoxy) is 1. The van der Waals surface area contributed by atoms with Crippen LogP contribution in [0.25, 0.3) is 11.0 Å². The van der Waals surface area contributed by atoms with E-state index in [1.807, 2.05) is 37.3 Å². The van der Waals surface area contributed by atoms with Crippen LogP contribution in [0.5, 0.6) is 0 Å². The Hall–Kier alpha value is -3.65. The van der Waals surface area contributed by atoms with Crippen LogP contribution in [0.2, 0.25) is 0 Å². The SMILES string of the molecule is COC(=O)c1ccc2nc(C(CC(C)C)NCCC3C=CC(C)(NC(=O)Nc4ccccc4C)CC3)[nH]c2c1. The summed E-state index contributed by atoms with van der Waals surface area (Å²) in [5, 5.41) is 9.82. The number of aromatic amines is 1. The van der Waals surface area contributed by atoms with Crippen molar-refractivity contribution in [1.82, 2.24) is 20.6 Å². The van der Waals surface area contributed by atoms with Crippen molar-refractivity contribution in [3.05, 3.63) is 71.6 Å². The molecule has 0 bridgehead atoms. The summed E-state index contributed by atoms with van der Waals surface area (Å²) in [6.07, 6.45) is 8.23. The Balaban J connectivity index is 1.32. The quantitative estimate of drug-likeness (QED) is 0.182. The Morgan fingerprint density at radius 3 is 2.69 bits per heavy atom. The zero-order chi connectivity index (χ0) is 28.0. The van der Waals surface area contributed by atoms with E-state index in [2.05, 4.69) is 53.9 Å². The Kier molecular flexibility index (Phi) is 9.07. The van der Waals surface area contributed by atoms with Gasteiger partial charge >= 0.3 is 12.0 Å². The van der Waals surface area contributed by atoms with Crippen LogP contribution in [0.3, 0.4) is 0 Å². The first-order chi connectivity index (χ1) is 18.7. The van der Waals surface area contributed by atoms with Crippen molar-refractivity contribution in [1.29, 1.82) is 0 Å². The minimum absolute atomic E-state index is 0.0867. The zero-order valence-corrected chi connectivity index (χ0v) is 23.6. The highest BCUT2D eigenvalue weighted by atomic mass is 16.5. The highest BCUT2D eigenvalue weighted by Gasteiger charge is 2.28. The lowest BCUT2D eigenvalue weighted by Crippen LogP contribution is -2.48. The average Bonchev–Trinajstić information content (AvgIpc) is 3.33. The minimum atomic E-state index is -0.367. The molecule has 3 atom stereocenters. The fraction of sp³-hybridized carbons (Fsp3) is 0.452. The van der Waals surface area contributed by atoms with Crippen LogP contribution < -0.4 is 16.0 Å². The van der Waals surface area contributed by atoms with Crippen LogP contribution in [0, 0.1) is 18.8 Å². The molecule has 0 radical (unpaired) electrons. The topological polar surface area (TPSA) is 108 Å². The van der Waals surface area contributed by atoms with E-state index in [0.717, 1.165) is 60.3 Å². The number of methoxy groups -OCH3 is 1. The third-order valence-electron chi connectivity index (χ3n) is 7.43. The lowest BCUT2D eigenvalue weighted by atomic mass is 9.82. The van der Waals surface area contributed by atoms with Crippen LogP contribution in [-0.4, -0.2) is 41.2 Å². The number of allylic oxidation sites excluding steroid dienone is 1. The van der Waals surface area contributed by atoms with Gasteiger partial charge in [0.25, 0.3) is 0 Å². The number of para-hydroxylation sites is 1. The van der Waals surface area contributed by atoms with Crippen LogP contribution >= 0.6 is 0 Å². The molecule has 0 aliphatic heterocycles. The number of hydrogen-bond acceptors (Lipinski definition) is 5. The number of carbonyl (C=O) groups is 2. The third-order valence-corrected chi connectivity index (χ3v) is 7.43. The summed E-state index contributed by atoms with van der Waals surface area (Å²) < 4.78 is 4.85. The van der Waals surface area contributed by atoms with Gasteiger partial charge < -0.3 is 25.7 Å². The van der Waals surface area contributed by atoms with Crippen molar-refractivity contribution >= 4 is 28.7 Å². The fourth-order valence-electron chi connectivity index (χ4n) is 5.13. The summed E-state index contributed by atoms with van der Waals surface area (Å²) in [7, 11) is 1.38. The van der Waals surface area contributed by atoms with Gasteiger partial charge in [-0.15, -0.1) is 0 Å². The first-order valence-corrected chi connectivity index (χ1v) is 13.8. The molecule has 0 saturated heterocycles. The summed E-state index contributed by atoms with van der Waals surface area (Å²) in [6.45, 7) is 9.33. The second-order valence-corrected chi connectivity index (χ2v) is 11.2. The molecule has 3 unspecified atom stereocenters. The van der Waals surface area contributed by atoms with E-state index < -0.39 is 0 Å². The van der Waals surface area contributed by atoms with Crippen molar-refractivity contribution in [2.24, 2.45) is 11.8 Å². The van der Waals surface area contributed by atoms with Gasteiger partial charge in [-0.3, -0.25) is 0 Å². The summed E-state index contributed by atoms with van der Waals surface area (Å²) in [4.78, 5) is 32.8. The highest BCUT2D eigenvalue weighted by Crippen LogP contribution is 2.29. The van der Waals surface area contributed by atoms with E-state index >= 15 is 0 Å². The van der Waals surface area contributed by atoms with E-state index in [4.69, 9.17) is 9.72 Å². The van der Waals surface area contributed by atoms with Crippen LogP contribution in [-0.2, 0) is 4.74 Å². The molecule has 4 rings (SSSR count). The Labute approximate surface area is 231 Å². The second kappa shape index (κ2) is 12.5. The molecule has 8 nitrogen and oxygen atoms in total. The molecule has 208 valence electrons. The molecule has 0 fully saturated rings. The van der Waals surface area contributed by atoms with Crippen molar-refractivity contribution in [3.8, 4) is 0 Å². The molecule has 0 saturated carbocycles. The normalized spacial score (nSPS) is 19.7. The van der Waals surface area contributed by atoms with Crippen LogP contribution in [0.15, 0.2) is 54.6 Å². The van der Waals surface area contributed by atoms with Gasteiger partial charge in [0.15, 0.2) is 0 Å². The maximum atomic E-state index is 12.6. The molecule has 1 aliphatic carbocycles. The number of benzene rings is 2. The number of hydrogen-bond donors (Lipinski definition) is 4. The summed E-state index contributed by atoms with van der Waals surface area (Å²) >= 11 is 0. The number of aryl methyl sites for hydroxylation is 1. The van der Waals surface area contributed by atoms with Gasteiger partial charge in [-0.25, -0.2) is 14.6 Å². The Bertz CT molecular complexity index is 1330. The summed E-state index contributed by atoms with van der Waals surface area (Å²) in [5.74, 6) is 1.47. The number of nitrogens with one attached hydrogen (secondary N) is 4. The van der Waals surface area contributed by atoms with Crippen molar-refractivity contribution in [2.45, 2.75) is 65.0 Å². The smallest absolute Gasteiger partial charge is 0.337 e. The van der Waals surface area contributed by atoms with Crippen molar-refractivity contribution in [2.75, 3.05) is 19.0 Å². The molecular formula is C31H41N5O3. The lowest BCUT2D eigenvalue weighted by molar-refractivity contribution is 0.0601. The maximum Gasteiger partial charge on any atom is 0.337 e. The molecule has 3 aromatic rings. The standard InChI is InChI=1S/C31H41N5O3/c1-20(2)18-27(28-33-25-11-10-23(29(37)39-5)19-26(25)34-28)32-17-14-22-12-15-31(4,16-13-22)36-30(38)35-24-9-7-6-8-21(24)3/h6-12,15,19-20,22,27,32H,13-14,16-18H2,1-5H3,(H,33,34)(H2,35,36,38). The van der Waals surface area contributed by atoms with Crippen molar-refractivity contribution in [3.63, 3.8) is 0 Å². The fourth-order valence-corrected chi connectivity index (χ4v) is 5.13. The van der Waals surface area contributed by atoms with E-state index in [1.165, 1.54) is 7.11 Å². The number of urea groups is 1. The second-order valence-electron chi connectivity index (χ2n) is 11.2. The predicted octanol–water partition coefficient (Wildman–Crippen LogP) is 6.27. The van der Waals surface area contributed by atoms with E-state index in [9.17, 15) is 9.59 Å². The van der Waals surface area contributed by atoms with Crippen LogP contribution in [0.4, 0.5) is 10.5 Å². The zero-order valence-electron chi connectivity index (χ0n) is 23.6. The molecule has 39 heavy (non-hydrogen) atoms. The molecule has 4 N–H and O–H groups in total.